The maximum absolute atomic E-state index is 13.0. The van der Waals surface area contributed by atoms with Crippen LogP contribution >= 0.6 is 0 Å². The Morgan fingerprint density at radius 1 is 1.44 bits per heavy atom. The molecule has 0 saturated carbocycles. The van der Waals surface area contributed by atoms with E-state index in [9.17, 15) is 17.9 Å². The number of anilines is 1. The van der Waals surface area contributed by atoms with Crippen molar-refractivity contribution in [2.45, 2.75) is 24.3 Å². The summed E-state index contributed by atoms with van der Waals surface area (Å²) in [5, 5.41) is 9.61. The topological polar surface area (TPSA) is 83.6 Å². The number of hydrogen-bond donors (Lipinski definition) is 2. The summed E-state index contributed by atoms with van der Waals surface area (Å²) in [5.74, 6) is -0.668. The van der Waals surface area contributed by atoms with Crippen LogP contribution in [0.15, 0.2) is 23.1 Å². The fourth-order valence-electron chi connectivity index (χ4n) is 1.49. The van der Waals surface area contributed by atoms with Gasteiger partial charge in [-0.05, 0) is 32.0 Å². The zero-order valence-electron chi connectivity index (χ0n) is 10.5. The number of likely N-dealkylation sites (N-methyl/N-ethyl adjacent to an activating group) is 1. The van der Waals surface area contributed by atoms with Gasteiger partial charge in [0.25, 0.3) is 0 Å². The molecule has 3 N–H and O–H groups in total. The van der Waals surface area contributed by atoms with Crippen LogP contribution in [0.5, 0.6) is 0 Å². The lowest BCUT2D eigenvalue weighted by Gasteiger charge is -2.25. The van der Waals surface area contributed by atoms with Crippen molar-refractivity contribution >= 4 is 15.7 Å². The summed E-state index contributed by atoms with van der Waals surface area (Å²) in [6.07, 6.45) is 0. The highest BCUT2D eigenvalue weighted by Crippen LogP contribution is 2.20. The number of rotatable bonds is 4. The van der Waals surface area contributed by atoms with Crippen LogP contribution in [0, 0.1) is 5.82 Å². The van der Waals surface area contributed by atoms with Crippen LogP contribution < -0.4 is 5.73 Å². The van der Waals surface area contributed by atoms with Gasteiger partial charge in [-0.3, -0.25) is 0 Å². The van der Waals surface area contributed by atoms with E-state index in [1.54, 1.807) is 0 Å². The molecule has 1 aromatic rings. The van der Waals surface area contributed by atoms with E-state index in [4.69, 9.17) is 5.73 Å². The van der Waals surface area contributed by atoms with Gasteiger partial charge in [-0.2, -0.15) is 4.31 Å². The van der Waals surface area contributed by atoms with Gasteiger partial charge in [0.15, 0.2) is 0 Å². The van der Waals surface area contributed by atoms with E-state index in [1.165, 1.54) is 20.9 Å². The van der Waals surface area contributed by atoms with Crippen molar-refractivity contribution in [3.8, 4) is 0 Å². The molecule has 0 saturated heterocycles. The van der Waals surface area contributed by atoms with E-state index < -0.39 is 21.4 Å². The molecule has 0 aromatic heterocycles. The Morgan fingerprint density at radius 3 is 2.44 bits per heavy atom. The van der Waals surface area contributed by atoms with Gasteiger partial charge in [0.1, 0.15) is 5.82 Å². The van der Waals surface area contributed by atoms with Crippen molar-refractivity contribution in [2.75, 3.05) is 19.3 Å². The molecule has 0 spiro atoms. The number of aliphatic hydroxyl groups is 1. The van der Waals surface area contributed by atoms with Crippen molar-refractivity contribution in [2.24, 2.45) is 0 Å². The number of nitrogens with two attached hydrogens (primary N) is 1. The molecule has 1 aromatic carbocycles. The smallest absolute Gasteiger partial charge is 0.242 e. The maximum atomic E-state index is 13.0. The molecule has 0 aliphatic carbocycles. The van der Waals surface area contributed by atoms with Crippen LogP contribution in [0.25, 0.3) is 0 Å². The minimum atomic E-state index is -3.78. The van der Waals surface area contributed by atoms with E-state index in [1.807, 2.05) is 0 Å². The SMILES string of the molecule is CN(CC(C)(C)O)S(=O)(=O)c1ccc(F)c(N)c1. The fraction of sp³-hybridized carbons (Fsp3) is 0.455. The van der Waals surface area contributed by atoms with Crippen molar-refractivity contribution in [1.82, 2.24) is 4.31 Å². The Balaban J connectivity index is 3.10. The summed E-state index contributed by atoms with van der Waals surface area (Å²) in [7, 11) is -2.44. The second-order valence-corrected chi connectivity index (χ2v) is 6.80. The summed E-state index contributed by atoms with van der Waals surface area (Å²) in [6.45, 7) is 2.92. The molecule has 0 aliphatic rings. The lowest BCUT2D eigenvalue weighted by atomic mass is 10.1. The van der Waals surface area contributed by atoms with E-state index in [0.717, 1.165) is 22.5 Å². The number of hydrogen-bond acceptors (Lipinski definition) is 4. The van der Waals surface area contributed by atoms with Crippen molar-refractivity contribution < 1.29 is 17.9 Å². The lowest BCUT2D eigenvalue weighted by Crippen LogP contribution is -2.39. The van der Waals surface area contributed by atoms with E-state index in [0.29, 0.717) is 0 Å². The van der Waals surface area contributed by atoms with E-state index in [2.05, 4.69) is 0 Å². The molecule has 0 atom stereocenters. The third-order valence-corrected chi connectivity index (χ3v) is 4.08. The van der Waals surface area contributed by atoms with Crippen LogP contribution in [0.3, 0.4) is 0 Å². The van der Waals surface area contributed by atoms with E-state index >= 15 is 0 Å². The zero-order valence-corrected chi connectivity index (χ0v) is 11.3. The fourth-order valence-corrected chi connectivity index (χ4v) is 2.85. The van der Waals surface area contributed by atoms with Crippen molar-refractivity contribution in [3.63, 3.8) is 0 Å². The minimum Gasteiger partial charge on any atom is -0.396 e. The second kappa shape index (κ2) is 4.83. The Labute approximate surface area is 106 Å². The van der Waals surface area contributed by atoms with Gasteiger partial charge in [-0.25, -0.2) is 12.8 Å². The molecular formula is C11H17FN2O3S. The monoisotopic (exact) mass is 276 g/mol. The van der Waals surface area contributed by atoms with Crippen LogP contribution in [-0.2, 0) is 10.0 Å². The molecule has 5 nitrogen and oxygen atoms in total. The first kappa shape index (κ1) is 14.9. The Hall–Kier alpha value is -1.18. The van der Waals surface area contributed by atoms with Gasteiger partial charge in [0, 0.05) is 13.6 Å². The third kappa shape index (κ3) is 3.41. The highest BCUT2D eigenvalue weighted by molar-refractivity contribution is 7.89. The zero-order chi connectivity index (χ0) is 14.1. The molecule has 0 unspecified atom stereocenters. The van der Waals surface area contributed by atoms with Gasteiger partial charge in [-0.15, -0.1) is 0 Å². The van der Waals surface area contributed by atoms with Crippen LogP contribution in [0.1, 0.15) is 13.8 Å². The van der Waals surface area contributed by atoms with Crippen LogP contribution in [0.2, 0.25) is 0 Å². The minimum absolute atomic E-state index is 0.0768. The molecule has 0 amide bonds. The Kier molecular flexibility index (Phi) is 3.99. The predicted molar refractivity (Wildman–Crippen MR) is 66.9 cm³/mol. The average Bonchev–Trinajstić information content (AvgIpc) is 2.19. The standard InChI is InChI=1S/C11H17FN2O3S/c1-11(2,15)7-14(3)18(16,17)8-4-5-9(12)10(13)6-8/h4-6,15H,7,13H2,1-3H3. The summed E-state index contributed by atoms with van der Waals surface area (Å²) >= 11 is 0. The quantitative estimate of drug-likeness (QED) is 0.797. The predicted octanol–water partition coefficient (Wildman–Crippen LogP) is 0.799. The van der Waals surface area contributed by atoms with Gasteiger partial charge < -0.3 is 10.8 Å². The first-order valence-electron chi connectivity index (χ1n) is 5.28. The van der Waals surface area contributed by atoms with Crippen molar-refractivity contribution in [3.05, 3.63) is 24.0 Å². The Morgan fingerprint density at radius 2 is 2.00 bits per heavy atom. The second-order valence-electron chi connectivity index (χ2n) is 4.76. The molecule has 0 radical (unpaired) electrons. The molecule has 0 aliphatic heterocycles. The molecule has 0 bridgehead atoms. The van der Waals surface area contributed by atoms with Crippen molar-refractivity contribution in [1.29, 1.82) is 0 Å². The van der Waals surface area contributed by atoms with Crippen LogP contribution in [0.4, 0.5) is 10.1 Å². The Bertz CT molecular complexity index is 538. The summed E-state index contributed by atoms with van der Waals surface area (Å²) in [5.41, 5.74) is 3.95. The van der Waals surface area contributed by atoms with Gasteiger partial charge >= 0.3 is 0 Å². The maximum Gasteiger partial charge on any atom is 0.242 e. The molecule has 0 heterocycles. The molecule has 7 heteroatoms. The molecule has 0 fully saturated rings. The number of nitrogen functional groups attached to an aromatic ring is 1. The third-order valence-electron chi connectivity index (χ3n) is 2.29. The highest BCUT2D eigenvalue weighted by atomic mass is 32.2. The number of nitrogens with zero attached hydrogens (tertiary/aromatic N) is 1. The first-order valence-corrected chi connectivity index (χ1v) is 6.72. The molecular weight excluding hydrogens is 259 g/mol. The summed E-state index contributed by atoms with van der Waals surface area (Å²) in [4.78, 5) is -0.104. The van der Waals surface area contributed by atoms with Gasteiger partial charge in [0.05, 0.1) is 16.2 Å². The number of sulfonamides is 1. The number of benzene rings is 1. The average molecular weight is 276 g/mol. The molecule has 102 valence electrons. The van der Waals surface area contributed by atoms with Gasteiger partial charge in [0.2, 0.25) is 10.0 Å². The molecule has 1 rings (SSSR count). The summed E-state index contributed by atoms with van der Waals surface area (Å²) in [6, 6.07) is 3.20. The van der Waals surface area contributed by atoms with E-state index in [-0.39, 0.29) is 17.1 Å². The highest BCUT2D eigenvalue weighted by Gasteiger charge is 2.26. The molecule has 18 heavy (non-hydrogen) atoms. The first-order chi connectivity index (χ1) is 8.04. The van der Waals surface area contributed by atoms with Crippen LogP contribution in [-0.4, -0.2) is 37.0 Å². The summed E-state index contributed by atoms with van der Waals surface area (Å²) < 4.78 is 38.2. The largest absolute Gasteiger partial charge is 0.396 e. The lowest BCUT2D eigenvalue weighted by molar-refractivity contribution is 0.0640. The normalized spacial score (nSPS) is 13.0. The number of halogens is 1. The van der Waals surface area contributed by atoms with Gasteiger partial charge in [-0.1, -0.05) is 0 Å².